The van der Waals surface area contributed by atoms with Crippen LogP contribution in [-0.2, 0) is 0 Å². The maximum Gasteiger partial charge on any atom is 0.455 e. The summed E-state index contributed by atoms with van der Waals surface area (Å²) in [5.74, 6) is -2.91. The number of nitrogens with zero attached hydrogens (tertiary/aromatic N) is 2. The van der Waals surface area contributed by atoms with Crippen LogP contribution >= 0.6 is 0 Å². The van der Waals surface area contributed by atoms with Crippen molar-refractivity contribution < 1.29 is 23.1 Å². The van der Waals surface area contributed by atoms with Gasteiger partial charge in [-0.05, 0) is 44.0 Å². The first-order valence-electron chi connectivity index (χ1n) is 6.10. The Morgan fingerprint density at radius 1 is 1.19 bits per heavy atom. The molecule has 0 unspecified atom stereocenters. The van der Waals surface area contributed by atoms with Gasteiger partial charge in [-0.25, -0.2) is 4.68 Å². The first-order valence-corrected chi connectivity index (χ1v) is 6.10. The quantitative estimate of drug-likeness (QED) is 0.866. The van der Waals surface area contributed by atoms with Crippen LogP contribution in [0, 0.1) is 20.8 Å². The van der Waals surface area contributed by atoms with Crippen molar-refractivity contribution >= 4 is 5.78 Å². The number of benzene rings is 1. The van der Waals surface area contributed by atoms with E-state index in [1.165, 1.54) is 6.92 Å². The number of carbonyl (C=O) groups is 1. The molecule has 0 saturated carbocycles. The summed E-state index contributed by atoms with van der Waals surface area (Å²) in [4.78, 5) is 11.3. The Hall–Kier alpha value is -2.31. The van der Waals surface area contributed by atoms with Gasteiger partial charge in [0.25, 0.3) is 5.78 Å². The van der Waals surface area contributed by atoms with E-state index < -0.39 is 23.4 Å². The van der Waals surface area contributed by atoms with E-state index in [0.29, 0.717) is 5.69 Å². The van der Waals surface area contributed by atoms with Gasteiger partial charge in [0.15, 0.2) is 0 Å². The van der Waals surface area contributed by atoms with Crippen molar-refractivity contribution in [1.29, 1.82) is 0 Å². The average Bonchev–Trinajstić information content (AvgIpc) is 2.66. The maximum atomic E-state index is 12.5. The first kappa shape index (κ1) is 15.1. The van der Waals surface area contributed by atoms with Gasteiger partial charge >= 0.3 is 6.18 Å². The van der Waals surface area contributed by atoms with E-state index in [9.17, 15) is 23.1 Å². The molecule has 112 valence electrons. The zero-order valence-electron chi connectivity index (χ0n) is 11.6. The molecule has 0 fully saturated rings. The van der Waals surface area contributed by atoms with Crippen molar-refractivity contribution in [2.45, 2.75) is 26.9 Å². The second kappa shape index (κ2) is 4.91. The summed E-state index contributed by atoms with van der Waals surface area (Å²) in [6.45, 7) is 4.95. The second-order valence-electron chi connectivity index (χ2n) is 4.79. The largest absolute Gasteiger partial charge is 0.493 e. The molecule has 1 heterocycles. The molecule has 0 aliphatic carbocycles. The zero-order valence-corrected chi connectivity index (χ0v) is 11.6. The molecule has 1 N–H and O–H groups in total. The highest BCUT2D eigenvalue weighted by Crippen LogP contribution is 2.31. The molecule has 0 saturated heterocycles. The van der Waals surface area contributed by atoms with Crippen LogP contribution in [0.3, 0.4) is 0 Å². The van der Waals surface area contributed by atoms with Crippen LogP contribution in [0.4, 0.5) is 13.2 Å². The average molecular weight is 298 g/mol. The standard InChI is InChI=1S/C14H13F3N2O2/c1-7-4-5-10(6-8(7)2)19-13(21)11(9(3)18-19)12(20)14(15,16)17/h4-6,21H,1-3H3. The number of aryl methyl sites for hydroxylation is 3. The highest BCUT2D eigenvalue weighted by Gasteiger charge is 2.43. The van der Waals surface area contributed by atoms with E-state index in [1.807, 2.05) is 13.8 Å². The number of Topliss-reactive ketones (excluding diaryl/α,β-unsaturated/α-hetero) is 1. The summed E-state index contributed by atoms with van der Waals surface area (Å²) < 4.78 is 38.5. The number of hydrogen-bond donors (Lipinski definition) is 1. The maximum absolute atomic E-state index is 12.5. The first-order chi connectivity index (χ1) is 9.62. The molecule has 0 atom stereocenters. The smallest absolute Gasteiger partial charge is 0.455 e. The molecule has 7 heteroatoms. The summed E-state index contributed by atoms with van der Waals surface area (Å²) >= 11 is 0. The highest BCUT2D eigenvalue weighted by atomic mass is 19.4. The molecular formula is C14H13F3N2O2. The summed E-state index contributed by atoms with van der Waals surface area (Å²) in [7, 11) is 0. The third kappa shape index (κ3) is 2.63. The van der Waals surface area contributed by atoms with E-state index in [2.05, 4.69) is 5.10 Å². The Morgan fingerprint density at radius 2 is 1.81 bits per heavy atom. The number of rotatable bonds is 2. The second-order valence-corrected chi connectivity index (χ2v) is 4.79. The minimum atomic E-state index is -5.06. The van der Waals surface area contributed by atoms with Gasteiger partial charge in [-0.15, -0.1) is 0 Å². The van der Waals surface area contributed by atoms with Gasteiger partial charge < -0.3 is 5.11 Å². The molecule has 1 aromatic carbocycles. The van der Waals surface area contributed by atoms with Crippen molar-refractivity contribution in [2.24, 2.45) is 0 Å². The summed E-state index contributed by atoms with van der Waals surface area (Å²) in [6, 6.07) is 5.03. The fraction of sp³-hybridized carbons (Fsp3) is 0.286. The van der Waals surface area contributed by atoms with E-state index in [4.69, 9.17) is 0 Å². The van der Waals surface area contributed by atoms with Crippen LogP contribution < -0.4 is 0 Å². The molecule has 0 aliphatic rings. The number of aromatic hydroxyl groups is 1. The van der Waals surface area contributed by atoms with Crippen LogP contribution in [0.1, 0.15) is 27.2 Å². The van der Waals surface area contributed by atoms with Gasteiger partial charge in [-0.3, -0.25) is 4.79 Å². The third-order valence-electron chi connectivity index (χ3n) is 3.26. The minimum absolute atomic E-state index is 0.173. The lowest BCUT2D eigenvalue weighted by Gasteiger charge is -2.07. The number of aromatic nitrogens is 2. The SMILES string of the molecule is Cc1ccc(-n2nc(C)c(C(=O)C(F)(F)F)c2O)cc1C. The van der Waals surface area contributed by atoms with Crippen LogP contribution in [0.25, 0.3) is 5.69 Å². The van der Waals surface area contributed by atoms with Crippen LogP contribution in [-0.4, -0.2) is 26.8 Å². The Balaban J connectivity index is 2.58. The molecule has 4 nitrogen and oxygen atoms in total. The Labute approximate surface area is 118 Å². The zero-order chi connectivity index (χ0) is 15.9. The predicted molar refractivity (Wildman–Crippen MR) is 69.8 cm³/mol. The Morgan fingerprint density at radius 3 is 2.33 bits per heavy atom. The molecule has 0 spiro atoms. The van der Waals surface area contributed by atoms with Gasteiger partial charge in [0.2, 0.25) is 5.88 Å². The van der Waals surface area contributed by atoms with E-state index in [1.54, 1.807) is 18.2 Å². The summed E-state index contributed by atoms with van der Waals surface area (Å²) in [5, 5.41) is 13.8. The molecule has 0 bridgehead atoms. The molecular weight excluding hydrogens is 285 g/mol. The van der Waals surface area contributed by atoms with Gasteiger partial charge in [-0.1, -0.05) is 6.07 Å². The van der Waals surface area contributed by atoms with Gasteiger partial charge in [0.1, 0.15) is 5.56 Å². The molecule has 2 aromatic rings. The molecule has 0 radical (unpaired) electrons. The molecule has 2 rings (SSSR count). The van der Waals surface area contributed by atoms with E-state index >= 15 is 0 Å². The molecule has 1 aromatic heterocycles. The Bertz CT molecular complexity index is 718. The number of ketones is 1. The minimum Gasteiger partial charge on any atom is -0.493 e. The van der Waals surface area contributed by atoms with E-state index in [-0.39, 0.29) is 5.69 Å². The monoisotopic (exact) mass is 298 g/mol. The van der Waals surface area contributed by atoms with Crippen molar-refractivity contribution in [2.75, 3.05) is 0 Å². The van der Waals surface area contributed by atoms with Gasteiger partial charge in [0, 0.05) is 0 Å². The van der Waals surface area contributed by atoms with E-state index in [0.717, 1.165) is 15.8 Å². The number of hydrogen-bond acceptors (Lipinski definition) is 3. The summed E-state index contributed by atoms with van der Waals surface area (Å²) in [5.41, 5.74) is 1.28. The fourth-order valence-electron chi connectivity index (χ4n) is 1.96. The number of halogens is 3. The van der Waals surface area contributed by atoms with Crippen molar-refractivity contribution in [3.05, 3.63) is 40.6 Å². The van der Waals surface area contributed by atoms with Crippen LogP contribution in [0.15, 0.2) is 18.2 Å². The van der Waals surface area contributed by atoms with Crippen molar-refractivity contribution in [3.8, 4) is 11.6 Å². The summed E-state index contributed by atoms with van der Waals surface area (Å²) in [6.07, 6.45) is -5.06. The van der Waals surface area contributed by atoms with Gasteiger partial charge in [-0.2, -0.15) is 18.3 Å². The normalized spacial score (nSPS) is 11.7. The van der Waals surface area contributed by atoms with Gasteiger partial charge in [0.05, 0.1) is 11.4 Å². The molecule has 21 heavy (non-hydrogen) atoms. The number of alkyl halides is 3. The lowest BCUT2D eigenvalue weighted by Crippen LogP contribution is -2.23. The highest BCUT2D eigenvalue weighted by molar-refractivity contribution is 6.03. The topological polar surface area (TPSA) is 55.1 Å². The van der Waals surface area contributed by atoms with Crippen molar-refractivity contribution in [3.63, 3.8) is 0 Å². The van der Waals surface area contributed by atoms with Crippen molar-refractivity contribution in [1.82, 2.24) is 9.78 Å². The number of carbonyl (C=O) groups excluding carboxylic acids is 1. The third-order valence-corrected chi connectivity index (χ3v) is 3.26. The predicted octanol–water partition coefficient (Wildman–Crippen LogP) is 3.25. The molecule has 0 amide bonds. The lowest BCUT2D eigenvalue weighted by atomic mass is 10.1. The van der Waals surface area contributed by atoms with Crippen LogP contribution in [0.2, 0.25) is 0 Å². The molecule has 0 aliphatic heterocycles. The fourth-order valence-corrected chi connectivity index (χ4v) is 1.96. The Kier molecular flexibility index (Phi) is 3.52. The lowest BCUT2D eigenvalue weighted by molar-refractivity contribution is -0.0887. The van der Waals surface area contributed by atoms with Crippen LogP contribution in [0.5, 0.6) is 5.88 Å².